The smallest absolute Gasteiger partial charge is 0.326 e. The zero-order valence-corrected chi connectivity index (χ0v) is 51.0. The molecule has 1 rings (SSSR count). The molecular formula is C52H80N16O26. The minimum absolute atomic E-state index is 0.00200. The average Bonchev–Trinajstić information content (AvgIpc) is 1.61. The molecule has 0 unspecified atom stereocenters. The van der Waals surface area contributed by atoms with Gasteiger partial charge < -0.3 is 117 Å². The van der Waals surface area contributed by atoms with Gasteiger partial charge in [-0.05, 0) is 65.7 Å². The molecular weight excluding hydrogens is 1260 g/mol. The molecule has 0 spiro atoms. The standard InChI is InChI=1S/C52H80N16O26/c1-20(59-43(84)23(53)6-11-32(54)70)41(82)58-21(2)42(83)67-40(22(3)69)50(91)62-26(9-14-37(76)77)44(85)60-25(8-13-36(74)75)45(86)63-27(10-15-38(78)79)51(92)68-16-4-5-31(68)49(90)61-24(7-12-33(55)71)46(87)64-28(17-34(56)72)47(88)65-29(19-39(80)81)48(89)66-30(52(93)94)18-35(57)73/h20-31,40,69H,4-19,53H2,1-3H3,(H2,54,70)(H2,55,71)(H2,56,72)(H2,57,73)(H,58,82)(H,59,84)(H,60,85)(H,61,90)(H,62,91)(H,63,86)(H,64,87)(H,65,88)(H,66,89)(H,67,83)(H,74,75)(H,76,77)(H,78,79)(H,80,81)(H,93,94)/t20-,21-,22+,23-,24-,25-,26-,27-,28-,29-,30-,31-,40-/m0/s1. The number of hydrogen-bond donors (Lipinski definition) is 21. The van der Waals surface area contributed by atoms with Crippen molar-refractivity contribution in [1.29, 1.82) is 0 Å². The third-order valence-corrected chi connectivity index (χ3v) is 13.6. The van der Waals surface area contributed by atoms with E-state index in [1.807, 2.05) is 10.6 Å². The van der Waals surface area contributed by atoms with Crippen LogP contribution < -0.4 is 81.8 Å². The molecule has 1 aliphatic heterocycles. The average molecular weight is 1350 g/mol. The van der Waals surface area contributed by atoms with Gasteiger partial charge in [0.05, 0.1) is 31.4 Å². The number of likely N-dealkylation sites (tertiary alicyclic amines) is 1. The first-order valence-electron chi connectivity index (χ1n) is 28.7. The van der Waals surface area contributed by atoms with Crippen LogP contribution in [0.2, 0.25) is 0 Å². The highest BCUT2D eigenvalue weighted by Crippen LogP contribution is 2.21. The van der Waals surface area contributed by atoms with Crippen LogP contribution in [0, 0.1) is 0 Å². The number of aliphatic carboxylic acids is 5. The number of aliphatic hydroxyl groups excluding tert-OH is 1. The summed E-state index contributed by atoms with van der Waals surface area (Å²) < 4.78 is 0. The summed E-state index contributed by atoms with van der Waals surface area (Å²) in [6.45, 7) is 3.02. The van der Waals surface area contributed by atoms with E-state index in [-0.39, 0.29) is 32.2 Å². The van der Waals surface area contributed by atoms with Crippen molar-refractivity contribution in [2.75, 3.05) is 6.54 Å². The van der Waals surface area contributed by atoms with Crippen LogP contribution in [0.5, 0.6) is 0 Å². The maximum Gasteiger partial charge on any atom is 0.326 e. The molecule has 0 bridgehead atoms. The highest BCUT2D eigenvalue weighted by molar-refractivity contribution is 6.01. The number of hydrogen-bond acceptors (Lipinski definition) is 22. The molecule has 0 aromatic heterocycles. The largest absolute Gasteiger partial charge is 0.481 e. The number of carboxylic acid groups (broad SMARTS) is 5. The van der Waals surface area contributed by atoms with Gasteiger partial charge in [0.25, 0.3) is 0 Å². The van der Waals surface area contributed by atoms with Crippen LogP contribution in [-0.4, -0.2) is 239 Å². The topological polar surface area (TPSA) is 716 Å². The third kappa shape index (κ3) is 30.0. The Hall–Kier alpha value is -10.7. The van der Waals surface area contributed by atoms with Gasteiger partial charge in [-0.25, -0.2) is 4.79 Å². The Bertz CT molecular complexity index is 2890. The molecule has 0 radical (unpaired) electrons. The normalized spacial score (nSPS) is 16.3. The van der Waals surface area contributed by atoms with Crippen molar-refractivity contribution < 1.29 is 127 Å². The van der Waals surface area contributed by atoms with E-state index in [1.165, 1.54) is 6.92 Å². The summed E-state index contributed by atoms with van der Waals surface area (Å²) in [7, 11) is 0. The number of rotatable bonds is 44. The summed E-state index contributed by atoms with van der Waals surface area (Å²) in [6.07, 6.45) is -12.2. The van der Waals surface area contributed by atoms with Crippen LogP contribution in [0.1, 0.15) is 117 Å². The lowest BCUT2D eigenvalue weighted by Crippen LogP contribution is -2.61. The Morgan fingerprint density at radius 3 is 1.19 bits per heavy atom. The summed E-state index contributed by atoms with van der Waals surface area (Å²) in [5.41, 5.74) is 26.4. The fourth-order valence-electron chi connectivity index (χ4n) is 8.65. The number of aliphatic hydroxyl groups is 1. The summed E-state index contributed by atoms with van der Waals surface area (Å²) >= 11 is 0. The number of carbonyl (C=O) groups is 20. The Morgan fingerprint density at radius 2 is 0.755 bits per heavy atom. The molecule has 42 nitrogen and oxygen atoms in total. The van der Waals surface area contributed by atoms with Crippen molar-refractivity contribution in [2.45, 2.75) is 196 Å². The number of nitrogens with zero attached hydrogens (tertiary/aromatic N) is 1. The quantitative estimate of drug-likeness (QED) is 0.0269. The second-order valence-corrected chi connectivity index (χ2v) is 21.5. The van der Waals surface area contributed by atoms with Gasteiger partial charge in [-0.15, -0.1) is 0 Å². The van der Waals surface area contributed by atoms with E-state index in [0.717, 1.165) is 18.7 Å². The van der Waals surface area contributed by atoms with Crippen molar-refractivity contribution in [3.8, 4) is 0 Å². The zero-order chi connectivity index (χ0) is 72.0. The molecule has 1 heterocycles. The fourth-order valence-corrected chi connectivity index (χ4v) is 8.65. The van der Waals surface area contributed by atoms with E-state index in [2.05, 4.69) is 42.5 Å². The Labute approximate surface area is 532 Å². The van der Waals surface area contributed by atoms with Crippen molar-refractivity contribution in [1.82, 2.24) is 58.1 Å². The van der Waals surface area contributed by atoms with Crippen LogP contribution in [0.3, 0.4) is 0 Å². The maximum absolute atomic E-state index is 14.4. The van der Waals surface area contributed by atoms with Gasteiger partial charge in [0.15, 0.2) is 0 Å². The van der Waals surface area contributed by atoms with E-state index in [0.29, 0.717) is 0 Å². The Morgan fingerprint density at radius 1 is 0.394 bits per heavy atom. The summed E-state index contributed by atoms with van der Waals surface area (Å²) in [5, 5.41) is 79.3. The van der Waals surface area contributed by atoms with E-state index < -0.39 is 268 Å². The molecule has 42 heteroatoms. The van der Waals surface area contributed by atoms with Crippen molar-refractivity contribution in [2.24, 2.45) is 28.7 Å². The second kappa shape index (κ2) is 39.6. The van der Waals surface area contributed by atoms with E-state index in [1.54, 1.807) is 0 Å². The predicted molar refractivity (Wildman–Crippen MR) is 310 cm³/mol. The number of primary amides is 4. The molecule has 0 saturated carbocycles. The van der Waals surface area contributed by atoms with Crippen LogP contribution in [0.25, 0.3) is 0 Å². The number of amides is 15. The van der Waals surface area contributed by atoms with Crippen molar-refractivity contribution >= 4 is 118 Å². The van der Waals surface area contributed by atoms with Crippen molar-refractivity contribution in [3.05, 3.63) is 0 Å². The van der Waals surface area contributed by atoms with Crippen LogP contribution >= 0.6 is 0 Å². The van der Waals surface area contributed by atoms with Gasteiger partial charge in [-0.1, -0.05) is 0 Å². The lowest BCUT2D eigenvalue weighted by Gasteiger charge is -2.31. The van der Waals surface area contributed by atoms with E-state index >= 15 is 0 Å². The third-order valence-electron chi connectivity index (χ3n) is 13.6. The predicted octanol–water partition coefficient (Wildman–Crippen LogP) is -11.0. The summed E-state index contributed by atoms with van der Waals surface area (Å²) in [6, 6.07) is -21.9. The number of carbonyl (C=O) groups excluding carboxylic acids is 15. The Kier molecular flexibility index (Phi) is 34.2. The first-order chi connectivity index (χ1) is 43.6. The molecule has 0 aliphatic carbocycles. The fraction of sp³-hybridized carbons (Fsp3) is 0.615. The lowest BCUT2D eigenvalue weighted by molar-refractivity contribution is -0.145. The molecule has 0 aromatic carbocycles. The molecule has 0 aromatic rings. The van der Waals surface area contributed by atoms with Gasteiger partial charge in [0, 0.05) is 38.6 Å². The monoisotopic (exact) mass is 1340 g/mol. The molecule has 94 heavy (non-hydrogen) atoms. The lowest BCUT2D eigenvalue weighted by atomic mass is 10.0. The SMILES string of the molecule is C[C@H](NC(=O)[C@H](C)NC(=O)[C@@H](N)CCC(N)=O)C(=O)N[C@H](C(=O)N[C@@H](CCC(=O)O)C(=O)N[C@@H](CCC(=O)O)C(=O)N[C@@H](CCC(=O)O)C(=O)N1CCC[C@H]1C(=O)N[C@@H](CCC(N)=O)C(=O)N[C@@H](CC(N)=O)C(=O)N[C@@H](CC(=O)O)C(=O)N[C@@H](CC(N)=O)C(=O)O)[C@@H](C)O. The maximum atomic E-state index is 14.4. The van der Waals surface area contributed by atoms with E-state index in [9.17, 15) is 127 Å². The highest BCUT2D eigenvalue weighted by atomic mass is 16.4. The first-order valence-corrected chi connectivity index (χ1v) is 28.7. The Balaban J connectivity index is 3.56. The highest BCUT2D eigenvalue weighted by Gasteiger charge is 2.42. The molecule has 1 aliphatic rings. The van der Waals surface area contributed by atoms with Crippen molar-refractivity contribution in [3.63, 3.8) is 0 Å². The molecule has 1 saturated heterocycles. The first kappa shape index (κ1) is 81.3. The van der Waals surface area contributed by atoms with Gasteiger partial charge in [-0.3, -0.25) is 91.1 Å². The minimum atomic E-state index is -2.16. The molecule has 1 fully saturated rings. The summed E-state index contributed by atoms with van der Waals surface area (Å²) in [5.74, 6) is -26.4. The number of nitrogens with one attached hydrogen (secondary N) is 10. The van der Waals surface area contributed by atoms with E-state index in [4.69, 9.17) is 28.7 Å². The van der Waals surface area contributed by atoms with Gasteiger partial charge in [-0.2, -0.15) is 0 Å². The molecule has 26 N–H and O–H groups in total. The summed E-state index contributed by atoms with van der Waals surface area (Å²) in [4.78, 5) is 255. The zero-order valence-electron chi connectivity index (χ0n) is 51.0. The van der Waals surface area contributed by atoms with Gasteiger partial charge >= 0.3 is 29.8 Å². The van der Waals surface area contributed by atoms with Gasteiger partial charge in [0.2, 0.25) is 88.6 Å². The van der Waals surface area contributed by atoms with Gasteiger partial charge in [0.1, 0.15) is 66.5 Å². The van der Waals surface area contributed by atoms with Crippen LogP contribution in [0.4, 0.5) is 0 Å². The number of carboxylic acids is 5. The molecule has 15 amide bonds. The molecule has 13 atom stereocenters. The second-order valence-electron chi connectivity index (χ2n) is 21.5. The minimum Gasteiger partial charge on any atom is -0.481 e. The molecule has 524 valence electrons. The number of nitrogens with two attached hydrogens (primary N) is 5. The van der Waals surface area contributed by atoms with Crippen LogP contribution in [0.15, 0.2) is 0 Å². The van der Waals surface area contributed by atoms with Crippen LogP contribution in [-0.2, 0) is 95.9 Å².